The van der Waals surface area contributed by atoms with Gasteiger partial charge in [0, 0.05) is 24.9 Å². The third kappa shape index (κ3) is 5.05. The minimum Gasteiger partial charge on any atom is -0.493 e. The first kappa shape index (κ1) is 19.8. The van der Waals surface area contributed by atoms with Gasteiger partial charge in [0.05, 0.1) is 24.8 Å². The summed E-state index contributed by atoms with van der Waals surface area (Å²) in [7, 11) is 3.45. The van der Waals surface area contributed by atoms with E-state index in [1.807, 2.05) is 48.1 Å². The van der Waals surface area contributed by atoms with Crippen LogP contribution in [0.15, 0.2) is 61.1 Å². The number of carbonyl (C=O) groups is 1. The van der Waals surface area contributed by atoms with Gasteiger partial charge in [0.1, 0.15) is 6.61 Å². The average Bonchev–Trinajstić information content (AvgIpc) is 3.17. The molecule has 2 aromatic carbocycles. The fourth-order valence-corrected chi connectivity index (χ4v) is 2.74. The van der Waals surface area contributed by atoms with E-state index in [2.05, 4.69) is 16.2 Å². The van der Waals surface area contributed by atoms with Crippen LogP contribution >= 0.6 is 0 Å². The highest BCUT2D eigenvalue weighted by molar-refractivity contribution is 6.04. The lowest BCUT2D eigenvalue weighted by molar-refractivity contribution is -0.111. The van der Waals surface area contributed by atoms with Gasteiger partial charge in [0.2, 0.25) is 5.91 Å². The van der Waals surface area contributed by atoms with Crippen molar-refractivity contribution in [2.24, 2.45) is 7.05 Å². The maximum Gasteiger partial charge on any atom is 0.248 e. The van der Waals surface area contributed by atoms with Gasteiger partial charge in [-0.05, 0) is 29.8 Å². The highest BCUT2D eigenvalue weighted by atomic mass is 16.5. The van der Waals surface area contributed by atoms with Crippen LogP contribution in [0.2, 0.25) is 0 Å². The summed E-state index contributed by atoms with van der Waals surface area (Å²) in [4.78, 5) is 16.8. The minimum absolute atomic E-state index is 0.156. The molecule has 1 amide bonds. The summed E-state index contributed by atoms with van der Waals surface area (Å²) in [6, 6.07) is 12.9. The van der Waals surface area contributed by atoms with Gasteiger partial charge in [0.25, 0.3) is 0 Å². The standard InChI is InChI=1S/C23H21N3O3/c1-4-13-29-21-11-9-17(14-22(21)28-3)10-12-23(27)25-19-8-6-5-7-18(19)20-15-26(2)16-24-20/h1,5-12,14-16H,13H2,2-3H3,(H,25,27)/b12-10+. The summed E-state index contributed by atoms with van der Waals surface area (Å²) in [6.45, 7) is 0.156. The first-order valence-corrected chi connectivity index (χ1v) is 8.91. The summed E-state index contributed by atoms with van der Waals surface area (Å²) in [5.41, 5.74) is 3.13. The van der Waals surface area contributed by atoms with E-state index in [0.29, 0.717) is 17.2 Å². The van der Waals surface area contributed by atoms with Crippen LogP contribution in [-0.4, -0.2) is 29.2 Å². The number of carbonyl (C=O) groups excluding carboxylic acids is 1. The first-order chi connectivity index (χ1) is 14.1. The Kier molecular flexibility index (Phi) is 6.33. The number of hydrogen-bond acceptors (Lipinski definition) is 4. The van der Waals surface area contributed by atoms with E-state index in [1.54, 1.807) is 31.6 Å². The fourth-order valence-electron chi connectivity index (χ4n) is 2.74. The largest absolute Gasteiger partial charge is 0.493 e. The number of imidazole rings is 1. The number of rotatable bonds is 7. The summed E-state index contributed by atoms with van der Waals surface area (Å²) < 4.78 is 12.6. The molecule has 0 fully saturated rings. The molecular weight excluding hydrogens is 366 g/mol. The Hall–Kier alpha value is -3.98. The van der Waals surface area contributed by atoms with E-state index < -0.39 is 0 Å². The molecule has 0 atom stereocenters. The minimum atomic E-state index is -0.250. The predicted octanol–water partition coefficient (Wildman–Crippen LogP) is 3.76. The monoisotopic (exact) mass is 387 g/mol. The molecule has 3 rings (SSSR count). The number of benzene rings is 2. The topological polar surface area (TPSA) is 65.4 Å². The molecule has 0 radical (unpaired) electrons. The maximum atomic E-state index is 12.4. The Bertz CT molecular complexity index is 1080. The van der Waals surface area contributed by atoms with Crippen molar-refractivity contribution >= 4 is 17.7 Å². The van der Waals surface area contributed by atoms with Gasteiger partial charge in [-0.25, -0.2) is 4.98 Å². The maximum absolute atomic E-state index is 12.4. The SMILES string of the molecule is C#CCOc1ccc(/C=C/C(=O)Nc2ccccc2-c2cn(C)cn2)cc1OC. The molecule has 0 saturated heterocycles. The number of para-hydroxylation sites is 1. The van der Waals surface area contributed by atoms with E-state index >= 15 is 0 Å². The zero-order valence-corrected chi connectivity index (χ0v) is 16.3. The Morgan fingerprint density at radius 2 is 2.10 bits per heavy atom. The molecule has 29 heavy (non-hydrogen) atoms. The molecule has 3 aromatic rings. The van der Waals surface area contributed by atoms with Gasteiger partial charge in [-0.15, -0.1) is 6.42 Å². The molecule has 0 aliphatic heterocycles. The first-order valence-electron chi connectivity index (χ1n) is 8.91. The van der Waals surface area contributed by atoms with Crippen molar-refractivity contribution < 1.29 is 14.3 Å². The number of aryl methyl sites for hydroxylation is 1. The molecular formula is C23H21N3O3. The second kappa shape index (κ2) is 9.29. The van der Waals surface area contributed by atoms with Crippen LogP contribution in [0, 0.1) is 12.3 Å². The number of aromatic nitrogens is 2. The number of nitrogens with zero attached hydrogens (tertiary/aromatic N) is 2. The molecule has 0 spiro atoms. The normalized spacial score (nSPS) is 10.5. The van der Waals surface area contributed by atoms with E-state index in [0.717, 1.165) is 16.8 Å². The molecule has 1 N–H and O–H groups in total. The molecule has 6 heteroatoms. The van der Waals surface area contributed by atoms with Crippen molar-refractivity contribution in [2.75, 3.05) is 19.0 Å². The Morgan fingerprint density at radius 1 is 1.28 bits per heavy atom. The molecule has 0 aliphatic rings. The van der Waals surface area contributed by atoms with Crippen LogP contribution in [0.1, 0.15) is 5.56 Å². The fraction of sp³-hybridized carbons (Fsp3) is 0.130. The summed E-state index contributed by atoms with van der Waals surface area (Å²) in [5.74, 6) is 3.26. The number of methoxy groups -OCH3 is 1. The lowest BCUT2D eigenvalue weighted by Gasteiger charge is -2.09. The lowest BCUT2D eigenvalue weighted by Crippen LogP contribution is -2.08. The van der Waals surface area contributed by atoms with Crippen molar-refractivity contribution in [3.05, 3.63) is 66.6 Å². The zero-order valence-electron chi connectivity index (χ0n) is 16.3. The van der Waals surface area contributed by atoms with Gasteiger partial charge in [-0.3, -0.25) is 4.79 Å². The summed E-state index contributed by atoms with van der Waals surface area (Å²) in [6.07, 6.45) is 12.0. The molecule has 0 aliphatic carbocycles. The molecule has 146 valence electrons. The van der Waals surface area contributed by atoms with Gasteiger partial charge < -0.3 is 19.4 Å². The molecule has 6 nitrogen and oxygen atoms in total. The quantitative estimate of drug-likeness (QED) is 0.495. The van der Waals surface area contributed by atoms with Crippen LogP contribution in [-0.2, 0) is 11.8 Å². The Balaban J connectivity index is 1.73. The molecule has 1 aromatic heterocycles. The van der Waals surface area contributed by atoms with Crippen LogP contribution in [0.5, 0.6) is 11.5 Å². The number of hydrogen-bond donors (Lipinski definition) is 1. The smallest absolute Gasteiger partial charge is 0.248 e. The second-order valence-corrected chi connectivity index (χ2v) is 6.20. The summed E-state index contributed by atoms with van der Waals surface area (Å²) in [5, 5.41) is 2.90. The van der Waals surface area contributed by atoms with Crippen molar-refractivity contribution in [3.8, 4) is 35.1 Å². The Labute approximate surface area is 169 Å². The highest BCUT2D eigenvalue weighted by Crippen LogP contribution is 2.29. The number of ether oxygens (including phenoxy) is 2. The number of nitrogens with one attached hydrogen (secondary N) is 1. The van der Waals surface area contributed by atoms with Crippen molar-refractivity contribution in [1.29, 1.82) is 0 Å². The third-order valence-electron chi connectivity index (χ3n) is 4.09. The number of terminal acetylenes is 1. The van der Waals surface area contributed by atoms with Crippen molar-refractivity contribution in [3.63, 3.8) is 0 Å². The van der Waals surface area contributed by atoms with E-state index in [1.165, 1.54) is 6.08 Å². The van der Waals surface area contributed by atoms with E-state index in [-0.39, 0.29) is 12.5 Å². The van der Waals surface area contributed by atoms with Crippen LogP contribution < -0.4 is 14.8 Å². The van der Waals surface area contributed by atoms with Crippen LogP contribution in [0.25, 0.3) is 17.3 Å². The average molecular weight is 387 g/mol. The van der Waals surface area contributed by atoms with Gasteiger partial charge in [0.15, 0.2) is 11.5 Å². The Morgan fingerprint density at radius 3 is 2.83 bits per heavy atom. The molecule has 0 saturated carbocycles. The molecule has 0 unspecified atom stereocenters. The van der Waals surface area contributed by atoms with E-state index in [9.17, 15) is 4.79 Å². The van der Waals surface area contributed by atoms with Gasteiger partial charge >= 0.3 is 0 Å². The van der Waals surface area contributed by atoms with Gasteiger partial charge in [-0.2, -0.15) is 0 Å². The lowest BCUT2D eigenvalue weighted by atomic mass is 10.1. The van der Waals surface area contributed by atoms with E-state index in [4.69, 9.17) is 15.9 Å². The van der Waals surface area contributed by atoms with Crippen molar-refractivity contribution in [2.45, 2.75) is 0 Å². The number of amides is 1. The molecule has 0 bridgehead atoms. The number of anilines is 1. The summed E-state index contributed by atoms with van der Waals surface area (Å²) >= 11 is 0. The highest BCUT2D eigenvalue weighted by Gasteiger charge is 2.09. The molecule has 1 heterocycles. The van der Waals surface area contributed by atoms with Gasteiger partial charge in [-0.1, -0.05) is 30.2 Å². The predicted molar refractivity (Wildman–Crippen MR) is 114 cm³/mol. The second-order valence-electron chi connectivity index (χ2n) is 6.20. The third-order valence-corrected chi connectivity index (χ3v) is 4.09. The van der Waals surface area contributed by atoms with Crippen LogP contribution in [0.4, 0.5) is 5.69 Å². The van der Waals surface area contributed by atoms with Crippen LogP contribution in [0.3, 0.4) is 0 Å². The zero-order chi connectivity index (χ0) is 20.6. The van der Waals surface area contributed by atoms with Crippen molar-refractivity contribution in [1.82, 2.24) is 9.55 Å².